The van der Waals surface area contributed by atoms with Crippen LogP contribution in [0.2, 0.25) is 0 Å². The van der Waals surface area contributed by atoms with Crippen LogP contribution in [0.15, 0.2) is 30.3 Å². The number of hydrogen-bond donors (Lipinski definition) is 1. The van der Waals surface area contributed by atoms with Crippen molar-refractivity contribution < 1.29 is 18.3 Å². The molecule has 0 aliphatic carbocycles. The molecule has 0 heterocycles. The molecule has 2 aromatic rings. The fraction of sp³-hybridized carbons (Fsp3) is 0.200. The first-order valence-corrected chi connectivity index (χ1v) is 5.80. The highest BCUT2D eigenvalue weighted by Crippen LogP contribution is 2.28. The number of aliphatic hydroxyl groups is 1. The number of aliphatic hydroxyl groups excluding tert-OH is 1. The lowest BCUT2D eigenvalue weighted by Gasteiger charge is -2.16. The van der Waals surface area contributed by atoms with Gasteiger partial charge in [0.1, 0.15) is 23.6 Å². The molecule has 1 nitrogen and oxygen atoms in total. The fourth-order valence-electron chi connectivity index (χ4n) is 1.96. The minimum atomic E-state index is -1.32. The lowest BCUT2D eigenvalue weighted by molar-refractivity contribution is 0.213. The highest BCUT2D eigenvalue weighted by atomic mass is 19.1. The Morgan fingerprint density at radius 1 is 0.842 bits per heavy atom. The summed E-state index contributed by atoms with van der Waals surface area (Å²) in [7, 11) is 0. The molecule has 1 N–H and O–H groups in total. The third-order valence-electron chi connectivity index (χ3n) is 3.11. The third kappa shape index (κ3) is 2.63. The molecule has 100 valence electrons. The average molecular weight is 266 g/mol. The monoisotopic (exact) mass is 266 g/mol. The Morgan fingerprint density at radius 3 is 2.21 bits per heavy atom. The quantitative estimate of drug-likeness (QED) is 0.876. The standard InChI is InChI=1S/C15H13F3O/c1-8-3-4-10(16)6-11(8)15(19)12-5-9(2)13(17)7-14(12)18/h3-7,15,19H,1-2H3. The van der Waals surface area contributed by atoms with Crippen molar-refractivity contribution in [3.8, 4) is 0 Å². The predicted molar refractivity (Wildman–Crippen MR) is 66.3 cm³/mol. The molecular weight excluding hydrogens is 253 g/mol. The van der Waals surface area contributed by atoms with Gasteiger partial charge < -0.3 is 5.11 Å². The summed E-state index contributed by atoms with van der Waals surface area (Å²) in [6, 6.07) is 5.88. The number of hydrogen-bond acceptors (Lipinski definition) is 1. The summed E-state index contributed by atoms with van der Waals surface area (Å²) in [4.78, 5) is 0. The molecule has 2 aromatic carbocycles. The molecule has 0 fully saturated rings. The van der Waals surface area contributed by atoms with E-state index >= 15 is 0 Å². The normalized spacial score (nSPS) is 12.5. The van der Waals surface area contributed by atoms with Crippen LogP contribution >= 0.6 is 0 Å². The van der Waals surface area contributed by atoms with Crippen molar-refractivity contribution in [3.05, 3.63) is 70.0 Å². The predicted octanol–water partition coefficient (Wildman–Crippen LogP) is 3.80. The van der Waals surface area contributed by atoms with Gasteiger partial charge in [0, 0.05) is 11.6 Å². The van der Waals surface area contributed by atoms with Crippen LogP contribution in [0.3, 0.4) is 0 Å². The maximum absolute atomic E-state index is 13.7. The number of rotatable bonds is 2. The van der Waals surface area contributed by atoms with Gasteiger partial charge in [-0.2, -0.15) is 0 Å². The van der Waals surface area contributed by atoms with Crippen molar-refractivity contribution in [2.24, 2.45) is 0 Å². The lowest BCUT2D eigenvalue weighted by atomic mass is 9.96. The summed E-state index contributed by atoms with van der Waals surface area (Å²) in [6.07, 6.45) is -1.32. The van der Waals surface area contributed by atoms with Crippen LogP contribution in [0.1, 0.15) is 28.4 Å². The van der Waals surface area contributed by atoms with Gasteiger partial charge in [0.2, 0.25) is 0 Å². The molecule has 2 rings (SSSR count). The molecule has 0 amide bonds. The summed E-state index contributed by atoms with van der Waals surface area (Å²) >= 11 is 0. The van der Waals surface area contributed by atoms with E-state index in [9.17, 15) is 18.3 Å². The summed E-state index contributed by atoms with van der Waals surface area (Å²) in [5.41, 5.74) is 1.07. The minimum Gasteiger partial charge on any atom is -0.384 e. The molecule has 0 spiro atoms. The topological polar surface area (TPSA) is 20.2 Å². The van der Waals surface area contributed by atoms with Crippen molar-refractivity contribution >= 4 is 0 Å². The Kier molecular flexibility index (Phi) is 3.62. The van der Waals surface area contributed by atoms with Crippen LogP contribution in [0.4, 0.5) is 13.2 Å². The molecule has 1 unspecified atom stereocenters. The van der Waals surface area contributed by atoms with Gasteiger partial charge in [-0.1, -0.05) is 6.07 Å². The van der Waals surface area contributed by atoms with E-state index in [1.54, 1.807) is 6.92 Å². The smallest absolute Gasteiger partial charge is 0.132 e. The molecular formula is C15H13F3O. The molecule has 0 aliphatic rings. The van der Waals surface area contributed by atoms with E-state index in [-0.39, 0.29) is 16.7 Å². The Labute approximate surface area is 109 Å². The molecule has 19 heavy (non-hydrogen) atoms. The zero-order valence-corrected chi connectivity index (χ0v) is 10.5. The first kappa shape index (κ1) is 13.6. The Bertz CT molecular complexity index is 623. The SMILES string of the molecule is Cc1cc(C(O)c2cc(F)ccc2C)c(F)cc1F. The molecule has 1 atom stereocenters. The number of halogens is 3. The van der Waals surface area contributed by atoms with Crippen LogP contribution in [0.5, 0.6) is 0 Å². The van der Waals surface area contributed by atoms with Gasteiger partial charge in [-0.25, -0.2) is 13.2 Å². The van der Waals surface area contributed by atoms with Crippen molar-refractivity contribution in [2.45, 2.75) is 20.0 Å². The van der Waals surface area contributed by atoms with Crippen molar-refractivity contribution in [1.29, 1.82) is 0 Å². The zero-order chi connectivity index (χ0) is 14.2. The van der Waals surface area contributed by atoms with Gasteiger partial charge >= 0.3 is 0 Å². The Morgan fingerprint density at radius 2 is 1.53 bits per heavy atom. The van der Waals surface area contributed by atoms with Crippen LogP contribution in [-0.2, 0) is 0 Å². The van der Waals surface area contributed by atoms with E-state index in [1.165, 1.54) is 25.1 Å². The summed E-state index contributed by atoms with van der Waals surface area (Å²) in [6.45, 7) is 3.16. The van der Waals surface area contributed by atoms with Gasteiger partial charge in [0.05, 0.1) is 0 Å². The Hall–Kier alpha value is -1.81. The van der Waals surface area contributed by atoms with Gasteiger partial charge in [0.25, 0.3) is 0 Å². The lowest BCUT2D eigenvalue weighted by Crippen LogP contribution is -2.06. The second-order valence-electron chi connectivity index (χ2n) is 4.53. The molecule has 4 heteroatoms. The van der Waals surface area contributed by atoms with Gasteiger partial charge in [-0.05, 0) is 48.7 Å². The summed E-state index contributed by atoms with van der Waals surface area (Å²) in [5.74, 6) is -2.04. The summed E-state index contributed by atoms with van der Waals surface area (Å²) < 4.78 is 40.1. The fourth-order valence-corrected chi connectivity index (χ4v) is 1.96. The zero-order valence-electron chi connectivity index (χ0n) is 10.5. The molecule has 0 aromatic heterocycles. The van der Waals surface area contributed by atoms with Gasteiger partial charge in [-0.3, -0.25) is 0 Å². The van der Waals surface area contributed by atoms with Crippen molar-refractivity contribution in [3.63, 3.8) is 0 Å². The second kappa shape index (κ2) is 5.05. The van der Waals surface area contributed by atoms with E-state index in [4.69, 9.17) is 0 Å². The molecule has 0 bridgehead atoms. The Balaban J connectivity index is 2.52. The van der Waals surface area contributed by atoms with Crippen LogP contribution < -0.4 is 0 Å². The van der Waals surface area contributed by atoms with Gasteiger partial charge in [0.15, 0.2) is 0 Å². The second-order valence-corrected chi connectivity index (χ2v) is 4.53. The maximum atomic E-state index is 13.7. The van der Waals surface area contributed by atoms with Crippen LogP contribution in [0.25, 0.3) is 0 Å². The minimum absolute atomic E-state index is 0.0624. The van der Waals surface area contributed by atoms with E-state index in [2.05, 4.69) is 0 Å². The highest BCUT2D eigenvalue weighted by Gasteiger charge is 2.19. The number of aryl methyl sites for hydroxylation is 2. The molecule has 0 saturated heterocycles. The van der Waals surface area contributed by atoms with E-state index < -0.39 is 23.6 Å². The largest absolute Gasteiger partial charge is 0.384 e. The van der Waals surface area contributed by atoms with E-state index in [1.807, 2.05) is 0 Å². The first-order valence-electron chi connectivity index (χ1n) is 5.80. The molecule has 0 radical (unpaired) electrons. The number of benzene rings is 2. The van der Waals surface area contributed by atoms with Crippen LogP contribution in [-0.4, -0.2) is 5.11 Å². The maximum Gasteiger partial charge on any atom is 0.132 e. The molecule has 0 aliphatic heterocycles. The van der Waals surface area contributed by atoms with Crippen molar-refractivity contribution in [1.82, 2.24) is 0 Å². The van der Waals surface area contributed by atoms with Crippen molar-refractivity contribution in [2.75, 3.05) is 0 Å². The van der Waals surface area contributed by atoms with E-state index in [0.717, 1.165) is 12.1 Å². The highest BCUT2D eigenvalue weighted by molar-refractivity contribution is 5.38. The third-order valence-corrected chi connectivity index (χ3v) is 3.11. The molecule has 0 saturated carbocycles. The van der Waals surface area contributed by atoms with Crippen LogP contribution in [0, 0.1) is 31.3 Å². The van der Waals surface area contributed by atoms with Gasteiger partial charge in [-0.15, -0.1) is 0 Å². The first-order chi connectivity index (χ1) is 8.90. The summed E-state index contributed by atoms with van der Waals surface area (Å²) in [5, 5.41) is 10.2. The van der Waals surface area contributed by atoms with E-state index in [0.29, 0.717) is 5.56 Å². The average Bonchev–Trinajstić information content (AvgIpc) is 2.36.